The number of benzene rings is 1. The highest BCUT2D eigenvalue weighted by molar-refractivity contribution is 9.10. The van der Waals surface area contributed by atoms with Crippen LogP contribution in [-0.2, 0) is 15.0 Å². The molecule has 8 heteroatoms. The van der Waals surface area contributed by atoms with Crippen molar-refractivity contribution in [1.82, 2.24) is 14.9 Å². The molecule has 0 radical (unpaired) electrons. The monoisotopic (exact) mass is 496 g/mol. The van der Waals surface area contributed by atoms with Crippen LogP contribution >= 0.6 is 15.9 Å². The molecule has 3 fully saturated rings. The Morgan fingerprint density at radius 1 is 1.19 bits per heavy atom. The van der Waals surface area contributed by atoms with Gasteiger partial charge in [-0.05, 0) is 71.6 Å². The van der Waals surface area contributed by atoms with Crippen molar-refractivity contribution in [3.05, 3.63) is 46.7 Å². The fourth-order valence-corrected chi connectivity index (χ4v) is 7.10. The third kappa shape index (κ3) is 2.72. The number of aldehydes is 1. The van der Waals surface area contributed by atoms with Gasteiger partial charge in [-0.1, -0.05) is 18.2 Å². The highest BCUT2D eigenvalue weighted by Crippen LogP contribution is 2.56. The van der Waals surface area contributed by atoms with E-state index in [1.165, 1.54) is 0 Å². The topological polar surface area (TPSA) is 86.6 Å². The first-order valence-corrected chi connectivity index (χ1v) is 12.1. The second kappa shape index (κ2) is 7.43. The molecule has 1 spiro atoms. The smallest absolute Gasteiger partial charge is 0.246 e. The minimum Gasteiger partial charge on any atom is -0.392 e. The number of nitrogens with zero attached hydrogens (tertiary/aromatic N) is 4. The molecule has 0 bridgehead atoms. The van der Waals surface area contributed by atoms with Crippen LogP contribution in [0.1, 0.15) is 31.2 Å². The van der Waals surface area contributed by atoms with E-state index >= 15 is 0 Å². The fourth-order valence-electron chi connectivity index (χ4n) is 6.89. The fraction of sp³-hybridized carbons (Fsp3) is 0.500. The van der Waals surface area contributed by atoms with Crippen molar-refractivity contribution < 1.29 is 14.7 Å². The number of piperidine rings is 1. The summed E-state index contributed by atoms with van der Waals surface area (Å²) in [4.78, 5) is 39.1. The van der Waals surface area contributed by atoms with Crippen molar-refractivity contribution in [3.8, 4) is 0 Å². The van der Waals surface area contributed by atoms with Gasteiger partial charge in [0.05, 0.1) is 21.7 Å². The Morgan fingerprint density at radius 2 is 1.97 bits per heavy atom. The summed E-state index contributed by atoms with van der Waals surface area (Å²) in [7, 11) is 0. The van der Waals surface area contributed by atoms with E-state index in [1.807, 2.05) is 18.2 Å². The van der Waals surface area contributed by atoms with Crippen LogP contribution in [0, 0.1) is 17.8 Å². The lowest BCUT2D eigenvalue weighted by molar-refractivity contribution is -0.127. The van der Waals surface area contributed by atoms with Crippen molar-refractivity contribution in [3.63, 3.8) is 0 Å². The lowest BCUT2D eigenvalue weighted by Crippen LogP contribution is -2.57. The largest absolute Gasteiger partial charge is 0.392 e. The summed E-state index contributed by atoms with van der Waals surface area (Å²) in [5.74, 6) is 0.578. The first-order valence-electron chi connectivity index (χ1n) is 11.3. The van der Waals surface area contributed by atoms with Crippen LogP contribution in [0.4, 0.5) is 11.6 Å². The van der Waals surface area contributed by atoms with E-state index < -0.39 is 11.5 Å². The molecule has 2 saturated heterocycles. The molecular formula is C24H25BrN4O3. The average Bonchev–Trinajstić information content (AvgIpc) is 3.30. The van der Waals surface area contributed by atoms with E-state index in [0.717, 1.165) is 54.4 Å². The maximum Gasteiger partial charge on any atom is 0.246 e. The van der Waals surface area contributed by atoms with Crippen LogP contribution in [0.15, 0.2) is 41.1 Å². The van der Waals surface area contributed by atoms with Crippen molar-refractivity contribution >= 4 is 39.8 Å². The van der Waals surface area contributed by atoms with E-state index in [4.69, 9.17) is 0 Å². The second-order valence-corrected chi connectivity index (χ2v) is 10.5. The molecule has 1 aromatic carbocycles. The molecule has 1 N–H and O–H groups in total. The number of aliphatic hydroxyl groups is 1. The number of hydrogen-bond donors (Lipinski definition) is 1. The standard InChI is InChI=1S/C24H25BrN4O3/c25-15-10-26-23(27-11-15)29-19-4-2-1-3-18(19)24(22(29)32)7-8-28-12-14-5-6-20(31)17(13-30)16(14)9-21(24)28/h1-4,10-11,13-14,16-17,20-21,31H,5-9,12H2/t14-,16-,17+,20-,21-,24-/m0/s1. The maximum atomic E-state index is 14.2. The second-order valence-electron chi connectivity index (χ2n) is 9.61. The van der Waals surface area contributed by atoms with Gasteiger partial charge in [0, 0.05) is 30.9 Å². The lowest BCUT2D eigenvalue weighted by Gasteiger charge is -2.49. The molecule has 6 rings (SSSR count). The predicted molar refractivity (Wildman–Crippen MR) is 121 cm³/mol. The van der Waals surface area contributed by atoms with Gasteiger partial charge in [-0.25, -0.2) is 14.9 Å². The van der Waals surface area contributed by atoms with E-state index in [0.29, 0.717) is 18.3 Å². The minimum atomic E-state index is -0.673. The van der Waals surface area contributed by atoms with E-state index in [2.05, 4.69) is 36.9 Å². The highest BCUT2D eigenvalue weighted by atomic mass is 79.9. The van der Waals surface area contributed by atoms with Crippen molar-refractivity contribution in [2.24, 2.45) is 17.8 Å². The molecule has 2 aromatic rings. The third-order valence-corrected chi connectivity index (χ3v) is 8.73. The molecule has 6 atom stereocenters. The van der Waals surface area contributed by atoms with Gasteiger partial charge in [-0.15, -0.1) is 0 Å². The first kappa shape index (κ1) is 20.4. The van der Waals surface area contributed by atoms with Gasteiger partial charge in [-0.3, -0.25) is 9.69 Å². The van der Waals surface area contributed by atoms with Gasteiger partial charge in [-0.2, -0.15) is 0 Å². The Bertz CT molecular complexity index is 1080. The molecule has 4 heterocycles. The molecule has 4 aliphatic rings. The van der Waals surface area contributed by atoms with Crippen LogP contribution in [0.3, 0.4) is 0 Å². The predicted octanol–water partition coefficient (Wildman–Crippen LogP) is 2.84. The van der Waals surface area contributed by atoms with Crippen LogP contribution in [0.25, 0.3) is 0 Å². The van der Waals surface area contributed by atoms with Gasteiger partial charge in [0.2, 0.25) is 11.9 Å². The normalized spacial score (nSPS) is 36.1. The summed E-state index contributed by atoms with van der Waals surface area (Å²) in [6.45, 7) is 1.75. The zero-order chi connectivity index (χ0) is 22.0. The Labute approximate surface area is 195 Å². The average molecular weight is 497 g/mol. The van der Waals surface area contributed by atoms with Crippen LogP contribution in [-0.4, -0.2) is 57.4 Å². The van der Waals surface area contributed by atoms with E-state index in [1.54, 1.807) is 17.3 Å². The van der Waals surface area contributed by atoms with Gasteiger partial charge in [0.25, 0.3) is 0 Å². The molecule has 7 nitrogen and oxygen atoms in total. The van der Waals surface area contributed by atoms with E-state index in [-0.39, 0.29) is 23.8 Å². The summed E-state index contributed by atoms with van der Waals surface area (Å²) < 4.78 is 0.761. The van der Waals surface area contributed by atoms with E-state index in [9.17, 15) is 14.7 Å². The Hall–Kier alpha value is -2.16. The van der Waals surface area contributed by atoms with Crippen LogP contribution < -0.4 is 4.90 Å². The summed E-state index contributed by atoms with van der Waals surface area (Å²) in [6, 6.07) is 7.98. The number of hydrogen-bond acceptors (Lipinski definition) is 6. The molecule has 1 aromatic heterocycles. The van der Waals surface area contributed by atoms with Crippen LogP contribution in [0.5, 0.6) is 0 Å². The number of aliphatic hydroxyl groups excluding tert-OH is 1. The number of carbonyl (C=O) groups excluding carboxylic acids is 2. The number of halogens is 1. The van der Waals surface area contributed by atoms with Gasteiger partial charge in [0.15, 0.2) is 0 Å². The number of anilines is 2. The Morgan fingerprint density at radius 3 is 2.75 bits per heavy atom. The molecule has 3 aliphatic heterocycles. The third-order valence-electron chi connectivity index (χ3n) is 8.32. The molecule has 1 aliphatic carbocycles. The number of rotatable bonds is 2. The number of para-hydroxylation sites is 1. The molecule has 166 valence electrons. The number of aromatic nitrogens is 2. The quantitative estimate of drug-likeness (QED) is 0.643. The molecule has 0 unspecified atom stereocenters. The minimum absolute atomic E-state index is 0.00518. The number of carbonyl (C=O) groups is 2. The molecular weight excluding hydrogens is 472 g/mol. The van der Waals surface area contributed by atoms with Crippen LogP contribution in [0.2, 0.25) is 0 Å². The number of fused-ring (bicyclic) bond motifs is 5. The maximum absolute atomic E-state index is 14.2. The summed E-state index contributed by atoms with van der Waals surface area (Å²) >= 11 is 3.37. The SMILES string of the molecule is O=C[C@@H]1[C@H]2C[C@@H]3N(CC[C@@]34C(=O)N(c3ncc(Br)cn3)c3ccccc34)C[C@@H]2CC[C@@H]1O. The highest BCUT2D eigenvalue weighted by Gasteiger charge is 2.63. The number of amides is 1. The molecule has 32 heavy (non-hydrogen) atoms. The zero-order valence-electron chi connectivity index (χ0n) is 17.6. The lowest BCUT2D eigenvalue weighted by atomic mass is 9.62. The van der Waals surface area contributed by atoms with Crippen molar-refractivity contribution in [2.45, 2.75) is 43.2 Å². The summed E-state index contributed by atoms with van der Waals surface area (Å²) in [6.07, 6.45) is 6.82. The van der Waals surface area contributed by atoms with Gasteiger partial charge in [0.1, 0.15) is 6.29 Å². The molecule has 1 amide bonds. The summed E-state index contributed by atoms with van der Waals surface area (Å²) in [5, 5.41) is 10.5. The van der Waals surface area contributed by atoms with Gasteiger partial charge < -0.3 is 9.90 Å². The Kier molecular flexibility index (Phi) is 4.75. The zero-order valence-corrected chi connectivity index (χ0v) is 19.2. The Balaban J connectivity index is 1.43. The van der Waals surface area contributed by atoms with Crippen molar-refractivity contribution in [1.29, 1.82) is 0 Å². The molecule has 1 saturated carbocycles. The summed E-state index contributed by atoms with van der Waals surface area (Å²) in [5.41, 5.74) is 1.20. The van der Waals surface area contributed by atoms with Gasteiger partial charge >= 0.3 is 0 Å². The first-order chi connectivity index (χ1) is 15.5. The van der Waals surface area contributed by atoms with Crippen molar-refractivity contribution in [2.75, 3.05) is 18.0 Å².